The lowest BCUT2D eigenvalue weighted by atomic mass is 10.0. The highest BCUT2D eigenvalue weighted by Gasteiger charge is 2.38. The van der Waals surface area contributed by atoms with Gasteiger partial charge in [0.05, 0.1) is 23.3 Å². The molecule has 3 heterocycles. The predicted molar refractivity (Wildman–Crippen MR) is 145 cm³/mol. The summed E-state index contributed by atoms with van der Waals surface area (Å²) >= 11 is 0. The molecule has 1 atom stereocenters. The van der Waals surface area contributed by atoms with Crippen molar-refractivity contribution in [3.8, 4) is 5.69 Å². The van der Waals surface area contributed by atoms with Crippen molar-refractivity contribution in [2.45, 2.75) is 39.7 Å². The van der Waals surface area contributed by atoms with E-state index in [1.54, 1.807) is 16.1 Å². The average molecular weight is 497 g/mol. The highest BCUT2D eigenvalue weighted by Crippen LogP contribution is 2.42. The van der Waals surface area contributed by atoms with Crippen LogP contribution in [0.15, 0.2) is 83.6 Å². The molecule has 2 aromatic heterocycles. The molecule has 3 amide bonds. The number of unbranched alkanes of at least 4 members (excludes halogenated alkanes) is 1. The van der Waals surface area contributed by atoms with Crippen molar-refractivity contribution in [2.75, 3.05) is 23.3 Å². The van der Waals surface area contributed by atoms with Gasteiger partial charge in [-0.1, -0.05) is 37.6 Å². The molecule has 1 aliphatic heterocycles. The van der Waals surface area contributed by atoms with Gasteiger partial charge in [-0.15, -0.1) is 0 Å². The number of anilines is 2. The molecule has 2 aromatic carbocycles. The van der Waals surface area contributed by atoms with Crippen LogP contribution in [0.3, 0.4) is 0 Å². The highest BCUT2D eigenvalue weighted by atomic mass is 16.3. The monoisotopic (exact) mass is 496 g/mol. The molecular formula is C30H32N4O3. The summed E-state index contributed by atoms with van der Waals surface area (Å²) in [4.78, 5) is 30.9. The van der Waals surface area contributed by atoms with Crippen molar-refractivity contribution >= 4 is 23.3 Å². The van der Waals surface area contributed by atoms with Gasteiger partial charge < -0.3 is 19.2 Å². The lowest BCUT2D eigenvalue weighted by Gasteiger charge is -2.38. The number of aryl methyl sites for hydroxylation is 1. The van der Waals surface area contributed by atoms with E-state index < -0.39 is 6.04 Å². The van der Waals surface area contributed by atoms with Crippen LogP contribution in [-0.4, -0.2) is 34.5 Å². The molecular weight excluding hydrogens is 464 g/mol. The van der Waals surface area contributed by atoms with E-state index in [0.717, 1.165) is 46.7 Å². The number of aromatic nitrogens is 1. The molecule has 1 aliphatic rings. The van der Waals surface area contributed by atoms with E-state index in [-0.39, 0.29) is 18.5 Å². The lowest BCUT2D eigenvalue weighted by molar-refractivity contribution is -0.119. The number of carbonyl (C=O) groups excluding carboxylic acids is 2. The Balaban J connectivity index is 1.48. The number of benzene rings is 2. The number of rotatable bonds is 7. The van der Waals surface area contributed by atoms with Crippen LogP contribution in [0.4, 0.5) is 16.2 Å². The number of nitrogens with zero attached hydrogens (tertiary/aromatic N) is 3. The van der Waals surface area contributed by atoms with Gasteiger partial charge in [0.25, 0.3) is 0 Å². The maximum absolute atomic E-state index is 14.1. The number of urea groups is 1. The first-order valence-corrected chi connectivity index (χ1v) is 12.7. The van der Waals surface area contributed by atoms with Crippen molar-refractivity contribution in [3.63, 3.8) is 0 Å². The third-order valence-corrected chi connectivity index (χ3v) is 7.04. The van der Waals surface area contributed by atoms with Crippen molar-refractivity contribution in [2.24, 2.45) is 0 Å². The third-order valence-electron chi connectivity index (χ3n) is 7.04. The Morgan fingerprint density at radius 3 is 2.54 bits per heavy atom. The normalized spacial score (nSPS) is 14.1. The molecule has 37 heavy (non-hydrogen) atoms. The average Bonchev–Trinajstić information content (AvgIpc) is 3.61. The van der Waals surface area contributed by atoms with Crippen LogP contribution in [0.25, 0.3) is 5.69 Å². The second-order valence-electron chi connectivity index (χ2n) is 9.43. The Kier molecular flexibility index (Phi) is 6.86. The first-order chi connectivity index (χ1) is 18.0. The molecule has 1 unspecified atom stereocenters. The predicted octanol–water partition coefficient (Wildman–Crippen LogP) is 6.46. The topological polar surface area (TPSA) is 70.7 Å². The van der Waals surface area contributed by atoms with Gasteiger partial charge in [0.2, 0.25) is 5.91 Å². The van der Waals surface area contributed by atoms with Crippen molar-refractivity contribution in [1.82, 2.24) is 9.47 Å². The fourth-order valence-corrected chi connectivity index (χ4v) is 4.90. The Morgan fingerprint density at radius 2 is 1.78 bits per heavy atom. The van der Waals surface area contributed by atoms with E-state index >= 15 is 0 Å². The Hall–Kier alpha value is -4.26. The van der Waals surface area contributed by atoms with Gasteiger partial charge in [-0.2, -0.15) is 0 Å². The van der Waals surface area contributed by atoms with Gasteiger partial charge in [-0.3, -0.25) is 9.69 Å². The highest BCUT2D eigenvalue weighted by molar-refractivity contribution is 6.01. The van der Waals surface area contributed by atoms with E-state index in [9.17, 15) is 9.59 Å². The number of para-hydroxylation sites is 2. The molecule has 1 N–H and O–H groups in total. The number of hydrogen-bond acceptors (Lipinski definition) is 3. The van der Waals surface area contributed by atoms with Crippen molar-refractivity contribution in [3.05, 3.63) is 102 Å². The summed E-state index contributed by atoms with van der Waals surface area (Å²) in [5.41, 5.74) is 5.50. The van der Waals surface area contributed by atoms with Gasteiger partial charge in [0, 0.05) is 18.4 Å². The SMILES string of the molecule is CCCCN(CC(=O)N1c2ccccc2-n2cccc2C1c1ccco1)C(=O)Nc1cccc(C)c1C. The van der Waals surface area contributed by atoms with E-state index in [4.69, 9.17) is 4.42 Å². The minimum absolute atomic E-state index is 0.0526. The van der Waals surface area contributed by atoms with Crippen LogP contribution in [0.2, 0.25) is 0 Å². The van der Waals surface area contributed by atoms with Gasteiger partial charge >= 0.3 is 6.03 Å². The molecule has 7 nitrogen and oxygen atoms in total. The zero-order valence-electron chi connectivity index (χ0n) is 21.5. The van der Waals surface area contributed by atoms with E-state index in [0.29, 0.717) is 12.3 Å². The quantitative estimate of drug-likeness (QED) is 0.319. The number of fused-ring (bicyclic) bond motifs is 3. The second kappa shape index (κ2) is 10.4. The number of amides is 3. The van der Waals surface area contributed by atoms with Crippen LogP contribution >= 0.6 is 0 Å². The van der Waals surface area contributed by atoms with Gasteiger partial charge in [-0.25, -0.2) is 4.79 Å². The maximum atomic E-state index is 14.1. The summed E-state index contributed by atoms with van der Waals surface area (Å²) in [6.07, 6.45) is 5.33. The molecule has 0 spiro atoms. The summed E-state index contributed by atoms with van der Waals surface area (Å²) < 4.78 is 7.91. The van der Waals surface area contributed by atoms with Crippen LogP contribution in [-0.2, 0) is 4.79 Å². The molecule has 4 aromatic rings. The summed E-state index contributed by atoms with van der Waals surface area (Å²) in [6, 6.07) is 20.6. The molecule has 7 heteroatoms. The molecule has 0 saturated carbocycles. The standard InChI is InChI=1S/C30H32N4O3/c1-4-5-17-32(30(36)31-23-12-8-11-21(2)22(23)3)20-28(35)34-25-14-7-6-13-24(25)33-18-9-15-26(33)29(34)27-16-10-19-37-27/h6-16,18-19,29H,4-5,17,20H2,1-3H3,(H,31,36). The first kappa shape index (κ1) is 24.4. The van der Waals surface area contributed by atoms with Crippen LogP contribution in [0.5, 0.6) is 0 Å². The minimum Gasteiger partial charge on any atom is -0.467 e. The molecule has 0 radical (unpaired) electrons. The minimum atomic E-state index is -0.442. The Bertz CT molecular complexity index is 1410. The summed E-state index contributed by atoms with van der Waals surface area (Å²) in [5, 5.41) is 3.03. The zero-order valence-corrected chi connectivity index (χ0v) is 21.5. The lowest BCUT2D eigenvalue weighted by Crippen LogP contribution is -2.48. The largest absolute Gasteiger partial charge is 0.467 e. The summed E-state index contributed by atoms with van der Waals surface area (Å²) in [7, 11) is 0. The van der Waals surface area contributed by atoms with Gasteiger partial charge in [-0.05, 0) is 73.9 Å². The zero-order chi connectivity index (χ0) is 25.9. The van der Waals surface area contributed by atoms with E-state index in [2.05, 4.69) is 16.8 Å². The smallest absolute Gasteiger partial charge is 0.322 e. The number of carbonyl (C=O) groups is 2. The Morgan fingerprint density at radius 1 is 0.973 bits per heavy atom. The van der Waals surface area contributed by atoms with Crippen LogP contribution < -0.4 is 10.2 Å². The third kappa shape index (κ3) is 4.65. The molecule has 0 saturated heterocycles. The number of hydrogen-bond donors (Lipinski definition) is 1. The Labute approximate surface area is 217 Å². The molecule has 0 bridgehead atoms. The van der Waals surface area contributed by atoms with Gasteiger partial charge in [0.15, 0.2) is 0 Å². The van der Waals surface area contributed by atoms with E-state index in [1.807, 2.05) is 86.8 Å². The van der Waals surface area contributed by atoms with Crippen molar-refractivity contribution < 1.29 is 14.0 Å². The van der Waals surface area contributed by atoms with Crippen LogP contribution in [0, 0.1) is 13.8 Å². The van der Waals surface area contributed by atoms with E-state index in [1.165, 1.54) is 0 Å². The fraction of sp³-hybridized carbons (Fsp3) is 0.267. The summed E-state index contributed by atoms with van der Waals surface area (Å²) in [5.74, 6) is 0.497. The molecule has 190 valence electrons. The molecule has 0 aliphatic carbocycles. The van der Waals surface area contributed by atoms with Crippen molar-refractivity contribution in [1.29, 1.82) is 0 Å². The number of furan rings is 1. The first-order valence-electron chi connectivity index (χ1n) is 12.7. The van der Waals surface area contributed by atoms with Crippen LogP contribution in [0.1, 0.15) is 48.4 Å². The summed E-state index contributed by atoms with van der Waals surface area (Å²) in [6.45, 7) is 6.51. The van der Waals surface area contributed by atoms with Gasteiger partial charge in [0.1, 0.15) is 18.3 Å². The fourth-order valence-electron chi connectivity index (χ4n) is 4.90. The molecule has 5 rings (SSSR count). The second-order valence-corrected chi connectivity index (χ2v) is 9.43. The number of nitrogens with one attached hydrogen (secondary N) is 1. The maximum Gasteiger partial charge on any atom is 0.322 e. The molecule has 0 fully saturated rings.